The number of unbranched alkanes of at least 4 members (excludes halogenated alkanes) is 34. The Morgan fingerprint density at radius 3 is 1.20 bits per heavy atom. The number of likely N-dealkylation sites (N-methyl/N-ethyl adjacent to an activating group) is 1. The van der Waals surface area contributed by atoms with Gasteiger partial charge in [0, 0.05) is 12.8 Å². The highest BCUT2D eigenvalue weighted by atomic mass is 31.2. The van der Waals surface area contributed by atoms with E-state index in [9.17, 15) is 19.0 Å². The zero-order valence-corrected chi connectivity index (χ0v) is 53.5. The molecule has 0 aliphatic carbocycles. The SMILES string of the molecule is CCCCC/C=C\C/C=C\C/C=C\C/C=C\CCCCCCCCCCCCCC(=O)NC(COP(=O)(O)OCC[N+](C)(C)C)C(/C=C\CCCCCCCCCCCCC)OC(=O)CCCCC/C=C\CCCCCCCC. The molecule has 0 fully saturated rings. The van der Waals surface area contributed by atoms with Crippen molar-refractivity contribution in [1.29, 1.82) is 0 Å². The number of esters is 1. The number of phosphoric acid groups is 1. The van der Waals surface area contributed by atoms with Crippen LogP contribution in [0.2, 0.25) is 0 Å². The second-order valence-corrected chi connectivity index (χ2v) is 25.1. The van der Waals surface area contributed by atoms with Crippen molar-refractivity contribution in [3.05, 3.63) is 72.9 Å². The van der Waals surface area contributed by atoms with E-state index in [0.717, 1.165) is 83.5 Å². The number of phosphoric ester groups is 1. The molecule has 0 bridgehead atoms. The van der Waals surface area contributed by atoms with E-state index in [4.69, 9.17) is 13.8 Å². The summed E-state index contributed by atoms with van der Waals surface area (Å²) < 4.78 is 30.7. The first kappa shape index (κ1) is 76.5. The monoisotopic (exact) mass is 1130 g/mol. The maximum absolute atomic E-state index is 13.6. The molecule has 79 heavy (non-hydrogen) atoms. The maximum atomic E-state index is 13.6. The van der Waals surface area contributed by atoms with E-state index >= 15 is 0 Å². The second kappa shape index (κ2) is 58.6. The van der Waals surface area contributed by atoms with Crippen molar-refractivity contribution in [1.82, 2.24) is 5.32 Å². The van der Waals surface area contributed by atoms with E-state index in [0.29, 0.717) is 23.9 Å². The minimum absolute atomic E-state index is 0.0360. The number of ether oxygens (including phenoxy) is 1. The number of carbonyl (C=O) groups is 2. The van der Waals surface area contributed by atoms with E-state index in [-0.39, 0.29) is 31.5 Å². The van der Waals surface area contributed by atoms with Crippen LogP contribution < -0.4 is 5.32 Å². The third kappa shape index (κ3) is 59.9. The first-order valence-electron chi connectivity index (χ1n) is 33.3. The van der Waals surface area contributed by atoms with Crippen LogP contribution in [0.1, 0.15) is 303 Å². The van der Waals surface area contributed by atoms with Gasteiger partial charge < -0.3 is 19.4 Å². The summed E-state index contributed by atoms with van der Waals surface area (Å²) in [6.07, 6.45) is 76.2. The molecule has 0 aromatic heterocycles. The van der Waals surface area contributed by atoms with Gasteiger partial charge in [-0.25, -0.2) is 4.57 Å². The molecule has 0 aliphatic rings. The molecule has 10 heteroatoms. The van der Waals surface area contributed by atoms with Gasteiger partial charge in [0.1, 0.15) is 19.3 Å². The van der Waals surface area contributed by atoms with Gasteiger partial charge in [-0.15, -0.1) is 0 Å². The Balaban J connectivity index is 5.09. The van der Waals surface area contributed by atoms with E-state index in [1.807, 2.05) is 33.3 Å². The number of allylic oxidation sites excluding steroid dienone is 11. The van der Waals surface area contributed by atoms with Crippen molar-refractivity contribution >= 4 is 19.7 Å². The molecule has 0 aromatic rings. The van der Waals surface area contributed by atoms with Crippen LogP contribution in [-0.2, 0) is 27.9 Å². The predicted octanol–water partition coefficient (Wildman–Crippen LogP) is 20.8. The Kier molecular flexibility index (Phi) is 56.7. The molecule has 460 valence electrons. The van der Waals surface area contributed by atoms with Crippen LogP contribution in [0.4, 0.5) is 0 Å². The number of carbonyl (C=O) groups excluding carboxylic acids is 2. The first-order chi connectivity index (χ1) is 38.4. The molecule has 0 saturated heterocycles. The molecule has 9 nitrogen and oxygen atoms in total. The number of quaternary nitrogens is 1. The lowest BCUT2D eigenvalue weighted by atomic mass is 10.0. The summed E-state index contributed by atoms with van der Waals surface area (Å²) in [6.45, 7) is 6.98. The minimum atomic E-state index is -4.46. The Morgan fingerprint density at radius 2 is 0.772 bits per heavy atom. The lowest BCUT2D eigenvalue weighted by Crippen LogP contribution is -2.47. The van der Waals surface area contributed by atoms with Gasteiger partial charge in [-0.3, -0.25) is 18.6 Å². The second-order valence-electron chi connectivity index (χ2n) is 23.6. The molecule has 1 amide bonds. The highest BCUT2D eigenvalue weighted by Crippen LogP contribution is 2.43. The third-order valence-electron chi connectivity index (χ3n) is 14.6. The zero-order chi connectivity index (χ0) is 57.9. The van der Waals surface area contributed by atoms with Gasteiger partial charge in [-0.2, -0.15) is 0 Å². The molecule has 0 aliphatic heterocycles. The molecule has 0 radical (unpaired) electrons. The van der Waals surface area contributed by atoms with E-state index in [1.165, 1.54) is 180 Å². The molecule has 0 rings (SSSR count). The summed E-state index contributed by atoms with van der Waals surface area (Å²) in [5.41, 5.74) is 0. The van der Waals surface area contributed by atoms with Crippen LogP contribution in [0.15, 0.2) is 72.9 Å². The topological polar surface area (TPSA) is 111 Å². The Labute approximate surface area is 489 Å². The standard InChI is InChI=1S/C69H127N2O7P/c1-7-10-13-16-19-22-25-28-29-30-31-32-33-34-35-36-37-38-39-40-41-44-46-49-52-55-58-61-68(72)70-66(65-77-79(74,75)76-64-63-71(4,5)6)67(60-57-54-51-48-45-42-26-23-20-17-14-11-8-2)78-69(73)62-59-56-53-50-47-43-27-24-21-18-15-12-9-3/h19,22,28-29,31-32,34-35,43,47,57,60,66-67H,7-18,20-21,23-27,30,33,36-42,44-46,48-56,58-59,61-65H2,1-6H3,(H-,70,72,74,75)/p+1/b22-19-,29-28-,32-31-,35-34-,47-43-,60-57-. The molecular formula is C69H128N2O7P+. The lowest BCUT2D eigenvalue weighted by Gasteiger charge is -2.27. The molecule has 2 N–H and O–H groups in total. The number of nitrogens with zero attached hydrogens (tertiary/aromatic N) is 1. The van der Waals surface area contributed by atoms with Gasteiger partial charge >= 0.3 is 13.8 Å². The zero-order valence-electron chi connectivity index (χ0n) is 52.6. The molecule has 0 heterocycles. The average molecular weight is 1130 g/mol. The van der Waals surface area contributed by atoms with Crippen molar-refractivity contribution in [3.63, 3.8) is 0 Å². The largest absolute Gasteiger partial charge is 0.472 e. The summed E-state index contributed by atoms with van der Waals surface area (Å²) in [7, 11) is 1.49. The fourth-order valence-corrected chi connectivity index (χ4v) is 10.2. The Hall–Kier alpha value is -2.55. The van der Waals surface area contributed by atoms with Gasteiger partial charge in [0.15, 0.2) is 0 Å². The highest BCUT2D eigenvalue weighted by Gasteiger charge is 2.30. The van der Waals surface area contributed by atoms with Gasteiger partial charge in [0.2, 0.25) is 5.91 Å². The van der Waals surface area contributed by atoms with Gasteiger partial charge in [-0.1, -0.05) is 261 Å². The highest BCUT2D eigenvalue weighted by molar-refractivity contribution is 7.47. The van der Waals surface area contributed by atoms with Crippen LogP contribution >= 0.6 is 7.82 Å². The van der Waals surface area contributed by atoms with E-state index < -0.39 is 20.0 Å². The summed E-state index contributed by atoms with van der Waals surface area (Å²) in [5, 5.41) is 3.06. The van der Waals surface area contributed by atoms with Gasteiger partial charge in [0.05, 0.1) is 33.8 Å². The smallest absolute Gasteiger partial charge is 0.456 e. The molecule has 3 unspecified atom stereocenters. The minimum Gasteiger partial charge on any atom is -0.456 e. The van der Waals surface area contributed by atoms with Crippen molar-refractivity contribution in [2.24, 2.45) is 0 Å². The normalized spacial score (nSPS) is 14.1. The van der Waals surface area contributed by atoms with Crippen LogP contribution in [0, 0.1) is 0 Å². The predicted molar refractivity (Wildman–Crippen MR) is 341 cm³/mol. The van der Waals surface area contributed by atoms with Gasteiger partial charge in [0.25, 0.3) is 0 Å². The van der Waals surface area contributed by atoms with E-state index in [2.05, 4.69) is 86.8 Å². The summed E-state index contributed by atoms with van der Waals surface area (Å²) >= 11 is 0. The third-order valence-corrected chi connectivity index (χ3v) is 15.6. The van der Waals surface area contributed by atoms with Crippen molar-refractivity contribution in [2.45, 2.75) is 315 Å². The van der Waals surface area contributed by atoms with Crippen molar-refractivity contribution < 1.29 is 37.3 Å². The molecule has 0 spiro atoms. The Morgan fingerprint density at radius 1 is 0.443 bits per heavy atom. The van der Waals surface area contributed by atoms with Crippen LogP contribution in [0.3, 0.4) is 0 Å². The van der Waals surface area contributed by atoms with Crippen molar-refractivity contribution in [2.75, 3.05) is 40.9 Å². The molecular weight excluding hydrogens is 1000 g/mol. The fraction of sp³-hybridized carbons (Fsp3) is 0.797. The number of hydrogen-bond donors (Lipinski definition) is 2. The summed E-state index contributed by atoms with van der Waals surface area (Å²) in [6, 6.07) is -0.858. The lowest BCUT2D eigenvalue weighted by molar-refractivity contribution is -0.870. The maximum Gasteiger partial charge on any atom is 0.472 e. The van der Waals surface area contributed by atoms with Crippen LogP contribution in [0.25, 0.3) is 0 Å². The number of nitrogens with one attached hydrogen (secondary N) is 1. The average Bonchev–Trinajstić information content (AvgIpc) is 3.41. The number of amides is 1. The first-order valence-corrected chi connectivity index (χ1v) is 34.8. The van der Waals surface area contributed by atoms with Crippen LogP contribution in [0.5, 0.6) is 0 Å². The fourth-order valence-electron chi connectivity index (χ4n) is 9.45. The number of hydrogen-bond acceptors (Lipinski definition) is 6. The van der Waals surface area contributed by atoms with Gasteiger partial charge in [-0.05, 0) is 102 Å². The van der Waals surface area contributed by atoms with Crippen LogP contribution in [-0.4, -0.2) is 74.3 Å². The summed E-state index contributed by atoms with van der Waals surface area (Å²) in [4.78, 5) is 37.7. The Bertz CT molecular complexity index is 1580. The molecule has 3 atom stereocenters. The van der Waals surface area contributed by atoms with E-state index in [1.54, 1.807) is 0 Å². The summed E-state index contributed by atoms with van der Waals surface area (Å²) in [5.74, 6) is -0.522. The van der Waals surface area contributed by atoms with Crippen molar-refractivity contribution in [3.8, 4) is 0 Å². The molecule has 0 aromatic carbocycles. The number of rotatable bonds is 60. The molecule has 0 saturated carbocycles. The quantitative estimate of drug-likeness (QED) is 0.0205.